The number of fused-ring (bicyclic) bond motifs is 7. The third-order valence-corrected chi connectivity index (χ3v) is 23.5. The zero-order valence-corrected chi connectivity index (χ0v) is 66.8. The lowest BCUT2D eigenvalue weighted by molar-refractivity contribution is 1.07. The van der Waals surface area contributed by atoms with Crippen LogP contribution < -0.4 is 26.2 Å². The van der Waals surface area contributed by atoms with Crippen LogP contribution in [-0.4, -0.2) is 61.1 Å². The van der Waals surface area contributed by atoms with Crippen molar-refractivity contribution in [1.82, 2.24) is 54.4 Å². The van der Waals surface area contributed by atoms with Crippen molar-refractivity contribution in [2.75, 3.05) is 9.80 Å². The summed E-state index contributed by atoms with van der Waals surface area (Å²) in [5, 5.41) is 1.85. The van der Waals surface area contributed by atoms with Gasteiger partial charge in [-0.15, -0.1) is 0 Å². The molecule has 21 aromatic rings. The van der Waals surface area contributed by atoms with Crippen LogP contribution in [0.15, 0.2) is 425 Å². The quantitative estimate of drug-likeness (QED) is 0.0851. The second kappa shape index (κ2) is 30.8. The summed E-state index contributed by atoms with van der Waals surface area (Å²) in [5.74, 6) is 4.42. The molecular formula is C110H70BN13. The van der Waals surface area contributed by atoms with E-state index < -0.39 is 0 Å². The number of hydrogen-bond acceptors (Lipinski definition) is 12. The predicted octanol–water partition coefficient (Wildman–Crippen LogP) is 24.5. The van der Waals surface area contributed by atoms with Crippen LogP contribution in [0, 0.1) is 0 Å². The minimum atomic E-state index is 0.0103. The van der Waals surface area contributed by atoms with Gasteiger partial charge in [0.05, 0.1) is 39.5 Å². The molecule has 2 aliphatic rings. The van der Waals surface area contributed by atoms with Crippen LogP contribution in [0.25, 0.3) is 175 Å². The summed E-state index contributed by atoms with van der Waals surface area (Å²) >= 11 is 0. The average Bonchev–Trinajstić information content (AvgIpc) is 0.856. The van der Waals surface area contributed by atoms with Crippen molar-refractivity contribution in [1.29, 1.82) is 0 Å². The molecule has 0 spiro atoms. The summed E-state index contributed by atoms with van der Waals surface area (Å²) in [4.78, 5) is 58.6. The van der Waals surface area contributed by atoms with Crippen molar-refractivity contribution in [2.24, 2.45) is 0 Å². The van der Waals surface area contributed by atoms with Crippen LogP contribution in [0.2, 0.25) is 0 Å². The summed E-state index contributed by atoms with van der Waals surface area (Å²) in [6, 6.07) is 148. The largest absolute Gasteiger partial charge is 0.311 e. The highest BCUT2D eigenvalue weighted by atomic mass is 15.2. The zero-order valence-electron chi connectivity index (χ0n) is 66.8. The lowest BCUT2D eigenvalue weighted by atomic mass is 9.33. The van der Waals surface area contributed by atoms with E-state index >= 15 is 0 Å². The van der Waals surface area contributed by atoms with Crippen LogP contribution in [0.5, 0.6) is 0 Å². The van der Waals surface area contributed by atoms with E-state index in [0.717, 1.165) is 151 Å². The van der Waals surface area contributed by atoms with Crippen molar-refractivity contribution in [3.8, 4) is 153 Å². The monoisotopic (exact) mass is 1580 g/mol. The Kier molecular flexibility index (Phi) is 18.0. The molecule has 14 heteroatoms. The summed E-state index contributed by atoms with van der Waals surface area (Å²) in [6.45, 7) is 0.0103. The molecule has 0 saturated heterocycles. The Morgan fingerprint density at radius 2 is 0.484 bits per heavy atom. The minimum absolute atomic E-state index is 0.0103. The van der Waals surface area contributed by atoms with Gasteiger partial charge < -0.3 is 14.4 Å². The second-order valence-corrected chi connectivity index (χ2v) is 31.0. The molecule has 2 aliphatic heterocycles. The maximum atomic E-state index is 5.87. The average molecular weight is 1580 g/mol. The van der Waals surface area contributed by atoms with Gasteiger partial charge in [-0.1, -0.05) is 309 Å². The van der Waals surface area contributed by atoms with E-state index in [1.807, 2.05) is 164 Å². The van der Waals surface area contributed by atoms with E-state index in [1.54, 1.807) is 0 Å². The molecule has 16 aromatic carbocycles. The van der Waals surface area contributed by atoms with Gasteiger partial charge in [0.2, 0.25) is 0 Å². The van der Waals surface area contributed by atoms with Gasteiger partial charge in [-0.05, 0) is 143 Å². The minimum Gasteiger partial charge on any atom is -0.311 e. The van der Waals surface area contributed by atoms with Crippen molar-refractivity contribution >= 4 is 79.0 Å². The number of nitrogens with zero attached hydrogens (tertiary/aromatic N) is 13. The summed E-state index contributed by atoms with van der Waals surface area (Å²) in [6.07, 6.45) is 0. The van der Waals surface area contributed by atoms with Gasteiger partial charge in [0, 0.05) is 112 Å². The van der Waals surface area contributed by atoms with E-state index in [1.165, 1.54) is 22.1 Å². The SMILES string of the molecule is c1ccc(-c2cc(-c3ccc(-n4c5ccc(-c6nc(-c7ccccc7)nc(-c7ccccc7)n6)cc5c5cc(-c6nc(-c7ccccc7)nc(-c7ccccc7)n6)ccc54)c(-c4cc(-c5ccccc5)nc(-c5cccc(-c6cccc(N7c8ccccc8B8c9ccccc9N(c9ccccc9)c9cccc7c98)c6)c5)n4)c3)nc(-c3ccccc3)n2)cc1. The third kappa shape index (κ3) is 13.2. The fourth-order valence-corrected chi connectivity index (χ4v) is 17.7. The van der Waals surface area contributed by atoms with Gasteiger partial charge in [0.1, 0.15) is 0 Å². The summed E-state index contributed by atoms with van der Waals surface area (Å²) in [7, 11) is 0. The molecule has 124 heavy (non-hydrogen) atoms. The molecule has 0 saturated carbocycles. The molecular weight excluding hydrogens is 1510 g/mol. The summed E-state index contributed by atoms with van der Waals surface area (Å²) < 4.78 is 2.36. The van der Waals surface area contributed by atoms with Gasteiger partial charge >= 0.3 is 0 Å². The molecule has 578 valence electrons. The fraction of sp³-hybridized carbons (Fsp3) is 0. The Hall–Kier alpha value is -16.8. The van der Waals surface area contributed by atoms with Crippen LogP contribution in [0.3, 0.4) is 0 Å². The van der Waals surface area contributed by atoms with Crippen LogP contribution in [0.1, 0.15) is 0 Å². The molecule has 0 bridgehead atoms. The molecule has 23 rings (SSSR count). The summed E-state index contributed by atoms with van der Waals surface area (Å²) in [5.41, 5.74) is 28.6. The van der Waals surface area contributed by atoms with Crippen molar-refractivity contribution in [2.45, 2.75) is 0 Å². The first kappa shape index (κ1) is 72.4. The first-order valence-corrected chi connectivity index (χ1v) is 41.5. The lowest BCUT2D eigenvalue weighted by Crippen LogP contribution is -2.61. The van der Waals surface area contributed by atoms with E-state index in [9.17, 15) is 0 Å². The number of anilines is 6. The number of aromatic nitrogens is 11. The van der Waals surface area contributed by atoms with E-state index in [2.05, 4.69) is 275 Å². The maximum absolute atomic E-state index is 5.87. The molecule has 0 atom stereocenters. The van der Waals surface area contributed by atoms with Crippen molar-refractivity contribution < 1.29 is 0 Å². The van der Waals surface area contributed by atoms with Crippen molar-refractivity contribution in [3.63, 3.8) is 0 Å². The highest BCUT2D eigenvalue weighted by molar-refractivity contribution is 7.00. The molecule has 5 aromatic heterocycles. The number of para-hydroxylation sites is 3. The Morgan fingerprint density at radius 3 is 0.952 bits per heavy atom. The third-order valence-electron chi connectivity index (χ3n) is 23.5. The smallest absolute Gasteiger partial charge is 0.252 e. The topological polar surface area (TPSA) is 140 Å². The molecule has 0 fully saturated rings. The van der Waals surface area contributed by atoms with Gasteiger partial charge in [-0.3, -0.25) is 0 Å². The van der Waals surface area contributed by atoms with Gasteiger partial charge in [-0.2, -0.15) is 0 Å². The first-order valence-electron chi connectivity index (χ1n) is 41.5. The van der Waals surface area contributed by atoms with Crippen LogP contribution >= 0.6 is 0 Å². The number of benzene rings is 16. The Balaban J connectivity index is 0.730. The highest BCUT2D eigenvalue weighted by Crippen LogP contribution is 2.47. The normalized spacial score (nSPS) is 12.0. The Bertz CT molecular complexity index is 7320. The molecule has 0 aliphatic carbocycles. The second-order valence-electron chi connectivity index (χ2n) is 31.0. The molecule has 0 N–H and O–H groups in total. The fourth-order valence-electron chi connectivity index (χ4n) is 17.7. The molecule has 0 radical (unpaired) electrons. The lowest BCUT2D eigenvalue weighted by Gasteiger charge is -2.44. The molecule has 0 unspecified atom stereocenters. The van der Waals surface area contributed by atoms with Crippen LogP contribution in [0.4, 0.5) is 34.1 Å². The molecule has 7 heterocycles. The van der Waals surface area contributed by atoms with Gasteiger partial charge in [0.25, 0.3) is 6.71 Å². The van der Waals surface area contributed by atoms with Gasteiger partial charge in [0.15, 0.2) is 46.6 Å². The molecule has 13 nitrogen and oxygen atoms in total. The van der Waals surface area contributed by atoms with E-state index in [4.69, 9.17) is 49.8 Å². The number of hydrogen-bond donors (Lipinski definition) is 0. The van der Waals surface area contributed by atoms with Crippen LogP contribution in [-0.2, 0) is 0 Å². The van der Waals surface area contributed by atoms with Gasteiger partial charge in [-0.25, -0.2) is 49.8 Å². The highest BCUT2D eigenvalue weighted by Gasteiger charge is 2.43. The molecule has 0 amide bonds. The zero-order chi connectivity index (χ0) is 82.0. The Labute approximate surface area is 716 Å². The standard InChI is InChI=1S/C110H70BN13/c1-9-32-71(33-10-1)91-69-93(114-103(112-91)73-36-13-3-14-37-73)80-58-61-97(124-95-62-59-82(109-118-104(74-38-15-4-16-39-74)116-105(119-109)75-40-17-5-18-41-75)67-86(95)87-68-83(60-63-96(87)124)110-120-106(76-42-19-6-20-43-76)117-107(121-110)77-44-21-7-22-45-77)88(66-80)94-70-92(72-34-11-2-12-35-72)113-108(115-94)81-48-29-46-78(64-81)79-47-30-51-85(65-79)123-99-55-28-26-53-90(99)111-89-52-25-27-54-98(89)122(84-49-23-8-24-50-84)100-56-31-57-101(123)102(100)111/h1-70H. The van der Waals surface area contributed by atoms with E-state index in [0.29, 0.717) is 52.3 Å². The maximum Gasteiger partial charge on any atom is 0.252 e. The van der Waals surface area contributed by atoms with Crippen molar-refractivity contribution in [3.05, 3.63) is 425 Å². The predicted molar refractivity (Wildman–Crippen MR) is 503 cm³/mol. The number of rotatable bonds is 16. The Morgan fingerprint density at radius 1 is 0.177 bits per heavy atom. The van der Waals surface area contributed by atoms with E-state index in [-0.39, 0.29) is 6.71 Å². The first-order chi connectivity index (χ1) is 61.4.